The molecule has 1 atom stereocenters. The van der Waals surface area contributed by atoms with Crippen molar-refractivity contribution in [3.05, 3.63) is 21.3 Å². The maximum Gasteiger partial charge on any atom is 0.328 e. The second kappa shape index (κ2) is 5.11. The molecule has 1 rings (SSSR count). The second-order valence-electron chi connectivity index (χ2n) is 2.64. The highest BCUT2D eigenvalue weighted by Crippen LogP contribution is 2.21. The molecule has 0 saturated carbocycles. The van der Waals surface area contributed by atoms with E-state index in [1.54, 1.807) is 5.38 Å². The van der Waals surface area contributed by atoms with E-state index in [1.807, 2.05) is 0 Å². The van der Waals surface area contributed by atoms with Gasteiger partial charge in [0.2, 0.25) is 0 Å². The molecule has 5 nitrogen and oxygen atoms in total. The molecular weight excluding hydrogens is 242 g/mol. The van der Waals surface area contributed by atoms with E-state index >= 15 is 0 Å². The molecule has 7 heteroatoms. The molecule has 0 aliphatic rings. The molecule has 1 aromatic heterocycles. The van der Waals surface area contributed by atoms with Gasteiger partial charge >= 0.3 is 5.97 Å². The van der Waals surface area contributed by atoms with Crippen LogP contribution in [-0.2, 0) is 4.79 Å². The minimum atomic E-state index is -1.31. The maximum atomic E-state index is 11.4. The summed E-state index contributed by atoms with van der Waals surface area (Å²) in [5.74, 6) is -1.89. The van der Waals surface area contributed by atoms with Gasteiger partial charge in [0.05, 0.1) is 11.6 Å². The van der Waals surface area contributed by atoms with Gasteiger partial charge in [0.15, 0.2) is 6.04 Å². The van der Waals surface area contributed by atoms with Gasteiger partial charge in [0.1, 0.15) is 4.88 Å². The Morgan fingerprint density at radius 2 is 2.27 bits per heavy atom. The van der Waals surface area contributed by atoms with E-state index < -0.39 is 24.5 Å². The number of rotatable bonds is 4. The average Bonchev–Trinajstić information content (AvgIpc) is 2.60. The third-order valence-electron chi connectivity index (χ3n) is 1.61. The Hall–Kier alpha value is -1.11. The van der Waals surface area contributed by atoms with Crippen molar-refractivity contribution < 1.29 is 19.8 Å². The third kappa shape index (κ3) is 2.92. The van der Waals surface area contributed by atoms with E-state index in [0.717, 1.165) is 11.3 Å². The van der Waals surface area contributed by atoms with Crippen LogP contribution in [0.3, 0.4) is 0 Å². The Labute approximate surface area is 94.3 Å². The van der Waals surface area contributed by atoms with Gasteiger partial charge in [-0.25, -0.2) is 4.79 Å². The van der Waals surface area contributed by atoms with Crippen molar-refractivity contribution in [1.29, 1.82) is 0 Å². The molecule has 1 heterocycles. The zero-order chi connectivity index (χ0) is 11.4. The van der Waals surface area contributed by atoms with Crippen molar-refractivity contribution in [2.75, 3.05) is 6.61 Å². The van der Waals surface area contributed by atoms with Crippen molar-refractivity contribution in [2.24, 2.45) is 0 Å². The van der Waals surface area contributed by atoms with Crippen LogP contribution in [0.2, 0.25) is 5.02 Å². The van der Waals surface area contributed by atoms with Crippen molar-refractivity contribution in [1.82, 2.24) is 5.32 Å². The maximum absolute atomic E-state index is 11.4. The number of carbonyl (C=O) groups is 2. The van der Waals surface area contributed by atoms with Crippen LogP contribution in [0.5, 0.6) is 0 Å². The van der Waals surface area contributed by atoms with Crippen LogP contribution in [0, 0.1) is 0 Å². The normalized spacial score (nSPS) is 12.1. The number of aliphatic hydroxyl groups is 1. The number of carboxylic acids is 1. The van der Waals surface area contributed by atoms with Gasteiger partial charge in [-0.15, -0.1) is 11.3 Å². The van der Waals surface area contributed by atoms with Crippen LogP contribution in [0.25, 0.3) is 0 Å². The number of hydrogen-bond acceptors (Lipinski definition) is 4. The minimum Gasteiger partial charge on any atom is -0.480 e. The van der Waals surface area contributed by atoms with Crippen LogP contribution >= 0.6 is 22.9 Å². The smallest absolute Gasteiger partial charge is 0.328 e. The third-order valence-corrected chi connectivity index (χ3v) is 2.95. The molecule has 0 radical (unpaired) electrons. The zero-order valence-electron chi connectivity index (χ0n) is 7.44. The van der Waals surface area contributed by atoms with Crippen molar-refractivity contribution in [2.45, 2.75) is 6.04 Å². The van der Waals surface area contributed by atoms with Crippen molar-refractivity contribution in [3.8, 4) is 0 Å². The van der Waals surface area contributed by atoms with Gasteiger partial charge in [-0.05, 0) is 11.4 Å². The summed E-state index contributed by atoms with van der Waals surface area (Å²) in [5.41, 5.74) is 0. The number of nitrogens with one attached hydrogen (secondary N) is 1. The SMILES string of the molecule is O=C(NC(CO)C(=O)O)c1sccc1Cl. The van der Waals surface area contributed by atoms with Crippen LogP contribution in [-0.4, -0.2) is 34.7 Å². The van der Waals surface area contributed by atoms with Crippen molar-refractivity contribution >= 4 is 34.8 Å². The van der Waals surface area contributed by atoms with E-state index in [2.05, 4.69) is 5.32 Å². The monoisotopic (exact) mass is 249 g/mol. The van der Waals surface area contributed by atoms with E-state index in [-0.39, 0.29) is 9.90 Å². The quantitative estimate of drug-likeness (QED) is 0.728. The zero-order valence-corrected chi connectivity index (χ0v) is 9.01. The molecule has 0 fully saturated rings. The molecular formula is C8H8ClNO4S. The van der Waals surface area contributed by atoms with E-state index in [0.29, 0.717) is 0 Å². The van der Waals surface area contributed by atoms with Gasteiger partial charge in [-0.2, -0.15) is 0 Å². The van der Waals surface area contributed by atoms with Gasteiger partial charge in [0.25, 0.3) is 5.91 Å². The lowest BCUT2D eigenvalue weighted by molar-refractivity contribution is -0.140. The lowest BCUT2D eigenvalue weighted by Gasteiger charge is -2.10. The Balaban J connectivity index is 2.71. The first-order chi connectivity index (χ1) is 7.06. The highest BCUT2D eigenvalue weighted by molar-refractivity contribution is 7.12. The van der Waals surface area contributed by atoms with Crippen molar-refractivity contribution in [3.63, 3.8) is 0 Å². The summed E-state index contributed by atoms with van der Waals surface area (Å²) < 4.78 is 0. The number of aliphatic carboxylic acids is 1. The fourth-order valence-electron chi connectivity index (χ4n) is 0.865. The number of aliphatic hydroxyl groups excluding tert-OH is 1. The molecule has 1 amide bonds. The summed E-state index contributed by atoms with van der Waals surface area (Å²) in [4.78, 5) is 22.2. The number of carboxylic acid groups (broad SMARTS) is 1. The molecule has 82 valence electrons. The summed E-state index contributed by atoms with van der Waals surface area (Å²) >= 11 is 6.78. The summed E-state index contributed by atoms with van der Waals surface area (Å²) in [7, 11) is 0. The first-order valence-corrected chi connectivity index (χ1v) is 5.19. The summed E-state index contributed by atoms with van der Waals surface area (Å²) in [5, 5.41) is 21.3. The first kappa shape index (κ1) is 12.0. The van der Waals surface area contributed by atoms with Gasteiger partial charge in [-0.1, -0.05) is 11.6 Å². The Kier molecular flexibility index (Phi) is 4.07. The molecule has 0 bridgehead atoms. The Morgan fingerprint density at radius 3 is 2.67 bits per heavy atom. The van der Waals surface area contributed by atoms with Gasteiger partial charge < -0.3 is 15.5 Å². The van der Waals surface area contributed by atoms with Gasteiger partial charge in [-0.3, -0.25) is 4.79 Å². The van der Waals surface area contributed by atoms with Gasteiger partial charge in [0, 0.05) is 0 Å². The standard InChI is InChI=1S/C8H8ClNO4S/c9-4-1-2-15-6(4)7(12)10-5(3-11)8(13)14/h1-2,5,11H,3H2,(H,10,12)(H,13,14). The molecule has 0 aliphatic heterocycles. The number of thiophene rings is 1. The van der Waals surface area contributed by atoms with Crippen LogP contribution in [0.4, 0.5) is 0 Å². The number of halogens is 1. The molecule has 3 N–H and O–H groups in total. The lowest BCUT2D eigenvalue weighted by Crippen LogP contribution is -2.43. The minimum absolute atomic E-state index is 0.233. The largest absolute Gasteiger partial charge is 0.480 e. The molecule has 0 aromatic carbocycles. The fourth-order valence-corrected chi connectivity index (χ4v) is 1.91. The highest BCUT2D eigenvalue weighted by atomic mass is 35.5. The predicted molar refractivity (Wildman–Crippen MR) is 55.3 cm³/mol. The summed E-state index contributed by atoms with van der Waals surface area (Å²) in [6, 6.07) is 0.228. The topological polar surface area (TPSA) is 86.6 Å². The highest BCUT2D eigenvalue weighted by Gasteiger charge is 2.21. The Morgan fingerprint density at radius 1 is 1.60 bits per heavy atom. The van der Waals surface area contributed by atoms with Crippen LogP contribution in [0.1, 0.15) is 9.67 Å². The summed E-state index contributed by atoms with van der Waals surface area (Å²) in [6.07, 6.45) is 0. The molecule has 1 unspecified atom stereocenters. The number of amides is 1. The summed E-state index contributed by atoms with van der Waals surface area (Å²) in [6.45, 7) is -0.663. The predicted octanol–water partition coefficient (Wildman–Crippen LogP) is 0.577. The van der Waals surface area contributed by atoms with Crippen LogP contribution in [0.15, 0.2) is 11.4 Å². The lowest BCUT2D eigenvalue weighted by atomic mass is 10.3. The second-order valence-corrected chi connectivity index (χ2v) is 3.97. The fraction of sp³-hybridized carbons (Fsp3) is 0.250. The average molecular weight is 250 g/mol. The van der Waals surface area contributed by atoms with E-state index in [4.69, 9.17) is 21.8 Å². The van der Waals surface area contributed by atoms with E-state index in [1.165, 1.54) is 6.07 Å². The number of hydrogen-bond donors (Lipinski definition) is 3. The molecule has 0 spiro atoms. The molecule has 15 heavy (non-hydrogen) atoms. The van der Waals surface area contributed by atoms with E-state index in [9.17, 15) is 9.59 Å². The van der Waals surface area contributed by atoms with Crippen LogP contribution < -0.4 is 5.32 Å². The molecule has 1 aromatic rings. The Bertz CT molecular complexity index is 378. The number of carbonyl (C=O) groups excluding carboxylic acids is 1. The molecule has 0 aliphatic carbocycles. The molecule has 0 saturated heterocycles. The first-order valence-electron chi connectivity index (χ1n) is 3.93.